The predicted molar refractivity (Wildman–Crippen MR) is 107 cm³/mol. The van der Waals surface area contributed by atoms with E-state index in [1.807, 2.05) is 19.1 Å². The number of hydrogen-bond donors (Lipinski definition) is 0. The normalized spacial score (nSPS) is 10.9. The highest BCUT2D eigenvalue weighted by atomic mass is 35.5. The van der Waals surface area contributed by atoms with E-state index in [0.717, 1.165) is 16.3 Å². The molecule has 4 aromatic rings. The molecule has 0 aliphatic carbocycles. The average Bonchev–Trinajstić information content (AvgIpc) is 2.69. The standard InChI is InChI=1S/C22H15ClO5/c1-13-10-14(7-9-19(13)23)26-12-21(24)27-15-6-8-17-16-4-2-3-5-18(16)22(25)28-20(17)11-15/h2-11H,12H2,1H3. The van der Waals surface area contributed by atoms with Gasteiger partial charge in [-0.1, -0.05) is 29.8 Å². The van der Waals surface area contributed by atoms with Crippen molar-refractivity contribution in [1.29, 1.82) is 0 Å². The van der Waals surface area contributed by atoms with Gasteiger partial charge >= 0.3 is 11.6 Å². The second kappa shape index (κ2) is 7.37. The second-order valence-electron chi connectivity index (χ2n) is 6.27. The Balaban J connectivity index is 1.52. The number of halogens is 1. The van der Waals surface area contributed by atoms with E-state index >= 15 is 0 Å². The van der Waals surface area contributed by atoms with E-state index < -0.39 is 11.6 Å². The molecule has 1 heterocycles. The van der Waals surface area contributed by atoms with Gasteiger partial charge in [-0.15, -0.1) is 0 Å². The zero-order valence-corrected chi connectivity index (χ0v) is 15.7. The number of carbonyl (C=O) groups excluding carboxylic acids is 1. The minimum atomic E-state index is -0.574. The Kier molecular flexibility index (Phi) is 4.75. The van der Waals surface area contributed by atoms with Gasteiger partial charge in [-0.3, -0.25) is 0 Å². The summed E-state index contributed by atoms with van der Waals surface area (Å²) in [4.78, 5) is 24.2. The molecule has 0 unspecified atom stereocenters. The molecule has 0 atom stereocenters. The van der Waals surface area contributed by atoms with Crippen LogP contribution in [-0.2, 0) is 4.79 Å². The molecule has 3 aromatic carbocycles. The molecular formula is C22H15ClO5. The zero-order chi connectivity index (χ0) is 19.7. The van der Waals surface area contributed by atoms with E-state index in [9.17, 15) is 9.59 Å². The molecule has 0 saturated heterocycles. The molecule has 5 nitrogen and oxygen atoms in total. The lowest BCUT2D eigenvalue weighted by atomic mass is 10.1. The molecule has 0 aliphatic heterocycles. The van der Waals surface area contributed by atoms with Crippen LogP contribution in [0, 0.1) is 6.92 Å². The highest BCUT2D eigenvalue weighted by Gasteiger charge is 2.11. The first-order valence-corrected chi connectivity index (χ1v) is 8.94. The Morgan fingerprint density at radius 1 is 0.964 bits per heavy atom. The molecule has 0 N–H and O–H groups in total. The Morgan fingerprint density at radius 2 is 1.71 bits per heavy atom. The van der Waals surface area contributed by atoms with E-state index in [0.29, 0.717) is 21.7 Å². The molecule has 1 aromatic heterocycles. The monoisotopic (exact) mass is 394 g/mol. The topological polar surface area (TPSA) is 65.7 Å². The van der Waals surface area contributed by atoms with Crippen LogP contribution in [0.25, 0.3) is 21.7 Å². The average molecular weight is 395 g/mol. The van der Waals surface area contributed by atoms with Gasteiger partial charge < -0.3 is 13.9 Å². The predicted octanol–water partition coefficient (Wildman–Crippen LogP) is 4.89. The van der Waals surface area contributed by atoms with Crippen LogP contribution >= 0.6 is 11.6 Å². The summed E-state index contributed by atoms with van der Waals surface area (Å²) in [6, 6.07) is 17.2. The van der Waals surface area contributed by atoms with Gasteiger partial charge in [0.05, 0.1) is 5.39 Å². The van der Waals surface area contributed by atoms with Crippen LogP contribution in [0.15, 0.2) is 69.9 Å². The van der Waals surface area contributed by atoms with E-state index in [1.165, 1.54) is 6.07 Å². The first kappa shape index (κ1) is 18.1. The highest BCUT2D eigenvalue weighted by Crippen LogP contribution is 2.26. The highest BCUT2D eigenvalue weighted by molar-refractivity contribution is 6.31. The van der Waals surface area contributed by atoms with E-state index in [2.05, 4.69) is 0 Å². The largest absolute Gasteiger partial charge is 0.482 e. The third-order valence-corrected chi connectivity index (χ3v) is 4.73. The fourth-order valence-corrected chi connectivity index (χ4v) is 3.05. The van der Waals surface area contributed by atoms with E-state index in [-0.39, 0.29) is 12.4 Å². The van der Waals surface area contributed by atoms with Gasteiger partial charge in [0.25, 0.3) is 0 Å². The Morgan fingerprint density at radius 3 is 2.50 bits per heavy atom. The summed E-state index contributed by atoms with van der Waals surface area (Å²) in [5.41, 5.74) is 0.764. The van der Waals surface area contributed by atoms with E-state index in [1.54, 1.807) is 42.5 Å². The van der Waals surface area contributed by atoms with Crippen molar-refractivity contribution in [3.05, 3.63) is 81.7 Å². The number of fused-ring (bicyclic) bond motifs is 3. The maximum absolute atomic E-state index is 12.1. The SMILES string of the molecule is Cc1cc(OCC(=O)Oc2ccc3c(c2)oc(=O)c2ccccc23)ccc1Cl. The zero-order valence-electron chi connectivity index (χ0n) is 14.9. The summed E-state index contributed by atoms with van der Waals surface area (Å²) >= 11 is 5.97. The first-order chi connectivity index (χ1) is 13.5. The molecule has 6 heteroatoms. The molecular weight excluding hydrogens is 380 g/mol. The number of aryl methyl sites for hydroxylation is 1. The summed E-state index contributed by atoms with van der Waals surface area (Å²) in [6.45, 7) is 1.58. The van der Waals surface area contributed by atoms with Gasteiger partial charge in [0.1, 0.15) is 17.1 Å². The van der Waals surface area contributed by atoms with Crippen molar-refractivity contribution in [3.8, 4) is 11.5 Å². The molecule has 0 bridgehead atoms. The number of carbonyl (C=O) groups is 1. The first-order valence-electron chi connectivity index (χ1n) is 8.56. The van der Waals surface area contributed by atoms with Gasteiger partial charge in [0.2, 0.25) is 0 Å². The molecule has 0 saturated carbocycles. The Bertz CT molecular complexity index is 1260. The molecule has 0 fully saturated rings. The van der Waals surface area contributed by atoms with Crippen LogP contribution in [0.2, 0.25) is 5.02 Å². The van der Waals surface area contributed by atoms with Crippen LogP contribution < -0.4 is 15.1 Å². The summed E-state index contributed by atoms with van der Waals surface area (Å²) in [7, 11) is 0. The minimum absolute atomic E-state index is 0.263. The lowest BCUT2D eigenvalue weighted by Crippen LogP contribution is -2.17. The molecule has 0 aliphatic rings. The van der Waals surface area contributed by atoms with Gasteiger partial charge in [-0.05, 0) is 54.3 Å². The lowest BCUT2D eigenvalue weighted by Gasteiger charge is -2.09. The summed E-state index contributed by atoms with van der Waals surface area (Å²) in [6.07, 6.45) is 0. The van der Waals surface area contributed by atoms with Gasteiger partial charge in [-0.2, -0.15) is 0 Å². The van der Waals surface area contributed by atoms with Gasteiger partial charge in [-0.25, -0.2) is 9.59 Å². The van der Waals surface area contributed by atoms with Crippen LogP contribution in [0.5, 0.6) is 11.5 Å². The van der Waals surface area contributed by atoms with Gasteiger partial charge in [0.15, 0.2) is 6.61 Å². The van der Waals surface area contributed by atoms with Crippen LogP contribution in [0.3, 0.4) is 0 Å². The van der Waals surface area contributed by atoms with E-state index in [4.69, 9.17) is 25.5 Å². The van der Waals surface area contributed by atoms with Crippen molar-refractivity contribution in [2.24, 2.45) is 0 Å². The third-order valence-electron chi connectivity index (χ3n) is 4.31. The fraction of sp³-hybridized carbons (Fsp3) is 0.0909. The van der Waals surface area contributed by atoms with Crippen LogP contribution in [0.1, 0.15) is 5.56 Å². The maximum atomic E-state index is 12.1. The van der Waals surface area contributed by atoms with Crippen molar-refractivity contribution < 1.29 is 18.7 Å². The summed E-state index contributed by atoms with van der Waals surface area (Å²) < 4.78 is 16.1. The molecule has 0 spiro atoms. The van der Waals surface area contributed by atoms with Crippen molar-refractivity contribution in [2.45, 2.75) is 6.92 Å². The number of hydrogen-bond acceptors (Lipinski definition) is 5. The molecule has 0 amide bonds. The summed E-state index contributed by atoms with van der Waals surface area (Å²) in [5.74, 6) is 0.219. The van der Waals surface area contributed by atoms with Crippen molar-refractivity contribution >= 4 is 39.3 Å². The quantitative estimate of drug-likeness (QED) is 0.213. The maximum Gasteiger partial charge on any atom is 0.349 e. The molecule has 28 heavy (non-hydrogen) atoms. The number of ether oxygens (including phenoxy) is 2. The minimum Gasteiger partial charge on any atom is -0.482 e. The fourth-order valence-electron chi connectivity index (χ4n) is 2.93. The number of benzene rings is 3. The third kappa shape index (κ3) is 3.57. The van der Waals surface area contributed by atoms with Crippen LogP contribution in [0.4, 0.5) is 0 Å². The lowest BCUT2D eigenvalue weighted by molar-refractivity contribution is -0.136. The van der Waals surface area contributed by atoms with Gasteiger partial charge in [0, 0.05) is 16.5 Å². The van der Waals surface area contributed by atoms with Crippen molar-refractivity contribution in [1.82, 2.24) is 0 Å². The molecule has 4 rings (SSSR count). The van der Waals surface area contributed by atoms with Crippen molar-refractivity contribution in [3.63, 3.8) is 0 Å². The molecule has 0 radical (unpaired) electrons. The second-order valence-corrected chi connectivity index (χ2v) is 6.67. The smallest absolute Gasteiger partial charge is 0.349 e. The Labute approximate surface area is 165 Å². The van der Waals surface area contributed by atoms with Crippen molar-refractivity contribution in [2.75, 3.05) is 6.61 Å². The Hall–Kier alpha value is -3.31. The number of rotatable bonds is 4. The number of esters is 1. The van der Waals surface area contributed by atoms with Crippen LogP contribution in [-0.4, -0.2) is 12.6 Å². The summed E-state index contributed by atoms with van der Waals surface area (Å²) in [5, 5.41) is 2.68. The molecule has 140 valence electrons.